The Balaban J connectivity index is 1.60. The minimum Gasteiger partial charge on any atom is -0.370 e. The van der Waals surface area contributed by atoms with Gasteiger partial charge in [0.05, 0.1) is 0 Å². The van der Waals surface area contributed by atoms with Crippen LogP contribution in [0.5, 0.6) is 0 Å². The third-order valence-corrected chi connectivity index (χ3v) is 6.57. The summed E-state index contributed by atoms with van der Waals surface area (Å²) in [5.74, 6) is 1.49. The molecule has 1 saturated carbocycles. The van der Waals surface area contributed by atoms with Gasteiger partial charge in [0.25, 0.3) is 0 Å². The first-order chi connectivity index (χ1) is 14.4. The Kier molecular flexibility index (Phi) is 8.43. The second-order valence-electron chi connectivity index (χ2n) is 8.58. The number of rotatable bonds is 8. The summed E-state index contributed by atoms with van der Waals surface area (Å²) in [6, 6.07) is 16.3. The zero-order valence-electron chi connectivity index (χ0n) is 17.7. The van der Waals surface area contributed by atoms with E-state index in [-0.39, 0.29) is 5.96 Å². The van der Waals surface area contributed by atoms with E-state index in [1.165, 1.54) is 36.8 Å². The van der Waals surface area contributed by atoms with E-state index in [4.69, 9.17) is 34.3 Å². The number of nitrogens with one attached hydrogen (secondary N) is 1. The molecule has 0 aliphatic heterocycles. The van der Waals surface area contributed by atoms with E-state index in [9.17, 15) is 0 Å². The molecule has 6 heteroatoms. The van der Waals surface area contributed by atoms with Gasteiger partial charge in [-0.3, -0.25) is 10.3 Å². The molecule has 0 heterocycles. The molecule has 3 rings (SSSR count). The molecule has 0 aromatic heterocycles. The monoisotopic (exact) mass is 446 g/mol. The van der Waals surface area contributed by atoms with Crippen molar-refractivity contribution >= 4 is 29.2 Å². The lowest BCUT2D eigenvalue weighted by atomic mass is 9.81. The fourth-order valence-corrected chi connectivity index (χ4v) is 4.58. The Labute approximate surface area is 190 Å². The molecule has 30 heavy (non-hydrogen) atoms. The molecule has 162 valence electrons. The molecule has 1 aliphatic carbocycles. The third kappa shape index (κ3) is 7.19. The quantitative estimate of drug-likeness (QED) is 0.408. The standard InChI is InChI=1S/C24H32Cl2N4/c1-29(24(27)28)14-18-2-4-19(5-3-18)15-30(16-20-6-10-22(25)11-7-20)17-21-8-12-23(26)13-9-21/h6-13,18-19H,2-5,14-17H2,1H3,(H3,27,28). The lowest BCUT2D eigenvalue weighted by Gasteiger charge is -2.34. The zero-order chi connectivity index (χ0) is 21.5. The molecular formula is C24H32Cl2N4. The van der Waals surface area contributed by atoms with Gasteiger partial charge >= 0.3 is 0 Å². The molecule has 0 spiro atoms. The fraction of sp³-hybridized carbons (Fsp3) is 0.458. The van der Waals surface area contributed by atoms with Crippen LogP contribution in [0.3, 0.4) is 0 Å². The van der Waals surface area contributed by atoms with Crippen LogP contribution < -0.4 is 5.73 Å². The summed E-state index contributed by atoms with van der Waals surface area (Å²) in [5, 5.41) is 9.12. The molecule has 0 saturated heterocycles. The fourth-order valence-electron chi connectivity index (χ4n) is 4.33. The highest BCUT2D eigenvalue weighted by Gasteiger charge is 2.24. The summed E-state index contributed by atoms with van der Waals surface area (Å²) < 4.78 is 0. The van der Waals surface area contributed by atoms with Gasteiger partial charge in [-0.05, 0) is 72.9 Å². The van der Waals surface area contributed by atoms with Crippen LogP contribution in [-0.2, 0) is 13.1 Å². The van der Waals surface area contributed by atoms with Crippen molar-refractivity contribution in [1.82, 2.24) is 9.80 Å². The summed E-state index contributed by atoms with van der Waals surface area (Å²) >= 11 is 12.1. The predicted octanol–water partition coefficient (Wildman–Crippen LogP) is 5.63. The van der Waals surface area contributed by atoms with Crippen molar-refractivity contribution in [1.29, 1.82) is 5.41 Å². The normalized spacial score (nSPS) is 19.1. The molecule has 4 nitrogen and oxygen atoms in total. The average molecular weight is 447 g/mol. The Morgan fingerprint density at radius 3 is 1.63 bits per heavy atom. The highest BCUT2D eigenvalue weighted by Crippen LogP contribution is 2.30. The number of benzene rings is 2. The molecule has 1 fully saturated rings. The van der Waals surface area contributed by atoms with E-state index in [1.54, 1.807) is 0 Å². The Bertz CT molecular complexity index is 751. The van der Waals surface area contributed by atoms with Gasteiger partial charge < -0.3 is 10.6 Å². The van der Waals surface area contributed by atoms with E-state index in [0.29, 0.717) is 11.8 Å². The van der Waals surface area contributed by atoms with Crippen molar-refractivity contribution < 1.29 is 0 Å². The molecule has 0 atom stereocenters. The van der Waals surface area contributed by atoms with Gasteiger partial charge in [-0.1, -0.05) is 47.5 Å². The van der Waals surface area contributed by atoms with Gasteiger partial charge in [-0.2, -0.15) is 0 Å². The number of nitrogens with two attached hydrogens (primary N) is 1. The third-order valence-electron chi connectivity index (χ3n) is 6.06. The van der Waals surface area contributed by atoms with Crippen molar-refractivity contribution in [2.45, 2.75) is 38.8 Å². The van der Waals surface area contributed by atoms with Crippen LogP contribution in [0.2, 0.25) is 10.0 Å². The average Bonchev–Trinajstić information content (AvgIpc) is 2.72. The van der Waals surface area contributed by atoms with E-state index in [2.05, 4.69) is 29.2 Å². The maximum atomic E-state index is 7.57. The first kappa shape index (κ1) is 22.9. The maximum absolute atomic E-state index is 7.57. The predicted molar refractivity (Wildman–Crippen MR) is 127 cm³/mol. The Hall–Kier alpha value is -1.75. The van der Waals surface area contributed by atoms with Crippen molar-refractivity contribution in [3.05, 3.63) is 69.7 Å². The summed E-state index contributed by atoms with van der Waals surface area (Å²) in [6.07, 6.45) is 4.87. The molecule has 2 aromatic rings. The van der Waals surface area contributed by atoms with Crippen molar-refractivity contribution in [2.75, 3.05) is 20.1 Å². The number of nitrogens with zero attached hydrogens (tertiary/aromatic N) is 2. The van der Waals surface area contributed by atoms with Crippen molar-refractivity contribution in [3.63, 3.8) is 0 Å². The van der Waals surface area contributed by atoms with E-state index in [0.717, 1.165) is 36.2 Å². The number of guanidine groups is 1. The molecule has 2 aromatic carbocycles. The molecule has 3 N–H and O–H groups in total. The van der Waals surface area contributed by atoms with Gasteiger partial charge in [-0.15, -0.1) is 0 Å². The van der Waals surface area contributed by atoms with Crippen molar-refractivity contribution in [3.8, 4) is 0 Å². The lowest BCUT2D eigenvalue weighted by molar-refractivity contribution is 0.161. The van der Waals surface area contributed by atoms with Gasteiger partial charge in [0, 0.05) is 43.3 Å². The van der Waals surface area contributed by atoms with Crippen LogP contribution in [0.4, 0.5) is 0 Å². The van der Waals surface area contributed by atoms with Crippen LogP contribution in [0, 0.1) is 17.2 Å². The SMILES string of the molecule is CN(CC1CCC(CN(Cc2ccc(Cl)cc2)Cc2ccc(Cl)cc2)CC1)C(=N)N. The second kappa shape index (κ2) is 11.0. The topological polar surface area (TPSA) is 56.4 Å². The number of hydrogen-bond donors (Lipinski definition) is 2. The van der Waals surface area contributed by atoms with E-state index >= 15 is 0 Å². The van der Waals surface area contributed by atoms with E-state index in [1.807, 2.05) is 36.2 Å². The van der Waals surface area contributed by atoms with Gasteiger partial charge in [0.1, 0.15) is 0 Å². The minimum atomic E-state index is 0.161. The summed E-state index contributed by atoms with van der Waals surface area (Å²) in [5.41, 5.74) is 8.16. The highest BCUT2D eigenvalue weighted by molar-refractivity contribution is 6.30. The molecule has 0 amide bonds. The van der Waals surface area contributed by atoms with Crippen LogP contribution in [0.15, 0.2) is 48.5 Å². The van der Waals surface area contributed by atoms with Crippen molar-refractivity contribution in [2.24, 2.45) is 17.6 Å². The molecule has 1 aliphatic rings. The van der Waals surface area contributed by atoms with Gasteiger partial charge in [-0.25, -0.2) is 0 Å². The van der Waals surface area contributed by atoms with Crippen LogP contribution >= 0.6 is 23.2 Å². The highest BCUT2D eigenvalue weighted by atomic mass is 35.5. The summed E-state index contributed by atoms with van der Waals surface area (Å²) in [6.45, 7) is 3.79. The summed E-state index contributed by atoms with van der Waals surface area (Å²) in [7, 11) is 1.91. The largest absolute Gasteiger partial charge is 0.370 e. The first-order valence-corrected chi connectivity index (χ1v) is 11.4. The number of hydrogen-bond acceptors (Lipinski definition) is 2. The zero-order valence-corrected chi connectivity index (χ0v) is 19.2. The van der Waals surface area contributed by atoms with Gasteiger partial charge in [0.15, 0.2) is 5.96 Å². The van der Waals surface area contributed by atoms with Crippen LogP contribution in [-0.4, -0.2) is 35.9 Å². The molecular weight excluding hydrogens is 415 g/mol. The van der Waals surface area contributed by atoms with Crippen LogP contribution in [0.1, 0.15) is 36.8 Å². The van der Waals surface area contributed by atoms with E-state index < -0.39 is 0 Å². The smallest absolute Gasteiger partial charge is 0.188 e. The Morgan fingerprint density at radius 2 is 1.23 bits per heavy atom. The molecule has 0 bridgehead atoms. The molecule has 0 unspecified atom stereocenters. The minimum absolute atomic E-state index is 0.161. The van der Waals surface area contributed by atoms with Gasteiger partial charge in [0.2, 0.25) is 0 Å². The summed E-state index contributed by atoms with van der Waals surface area (Å²) in [4.78, 5) is 4.40. The Morgan fingerprint density at radius 1 is 0.833 bits per heavy atom. The number of halogens is 2. The maximum Gasteiger partial charge on any atom is 0.188 e. The second-order valence-corrected chi connectivity index (χ2v) is 9.45. The van der Waals surface area contributed by atoms with Crippen LogP contribution in [0.25, 0.3) is 0 Å². The first-order valence-electron chi connectivity index (χ1n) is 10.7. The lowest BCUT2D eigenvalue weighted by Crippen LogP contribution is -2.38. The molecule has 0 radical (unpaired) electrons.